The summed E-state index contributed by atoms with van der Waals surface area (Å²) in [5.74, 6) is 1.81. The van der Waals surface area contributed by atoms with Crippen molar-refractivity contribution < 1.29 is 14.0 Å². The quantitative estimate of drug-likeness (QED) is 0.365. The molecule has 172 valence electrons. The highest BCUT2D eigenvalue weighted by atomic mass is 16.5. The molecule has 0 aliphatic carbocycles. The number of hydrogen-bond donors (Lipinski definition) is 0. The van der Waals surface area contributed by atoms with Crippen molar-refractivity contribution in [3.63, 3.8) is 0 Å². The number of fused-ring (bicyclic) bond motifs is 1. The van der Waals surface area contributed by atoms with Gasteiger partial charge < -0.3 is 14.0 Å². The van der Waals surface area contributed by atoms with Gasteiger partial charge in [0.2, 0.25) is 11.7 Å². The van der Waals surface area contributed by atoms with Crippen LogP contribution in [-0.2, 0) is 6.54 Å². The lowest BCUT2D eigenvalue weighted by Gasteiger charge is -2.09. The Morgan fingerprint density at radius 3 is 2.53 bits per heavy atom. The molecule has 0 saturated heterocycles. The fourth-order valence-corrected chi connectivity index (χ4v) is 3.54. The van der Waals surface area contributed by atoms with E-state index in [2.05, 4.69) is 20.3 Å². The molecule has 3 aromatic heterocycles. The molecule has 0 saturated carbocycles. The van der Waals surface area contributed by atoms with Gasteiger partial charge in [0.15, 0.2) is 17.1 Å². The number of benzene rings is 2. The largest absolute Gasteiger partial charge is 0.493 e. The van der Waals surface area contributed by atoms with Gasteiger partial charge in [0, 0.05) is 11.1 Å². The Kier molecular flexibility index (Phi) is 5.54. The number of ether oxygens (including phenoxy) is 2. The normalized spacial score (nSPS) is 11.1. The predicted octanol–water partition coefficient (Wildman–Crippen LogP) is 3.37. The van der Waals surface area contributed by atoms with E-state index in [4.69, 9.17) is 14.0 Å². The zero-order chi connectivity index (χ0) is 23.7. The van der Waals surface area contributed by atoms with Crippen LogP contribution >= 0.6 is 0 Å². The average molecular weight is 458 g/mol. The molecular formula is C24H22N6O4. The van der Waals surface area contributed by atoms with Crippen LogP contribution in [0.5, 0.6) is 11.5 Å². The summed E-state index contributed by atoms with van der Waals surface area (Å²) in [5.41, 5.74) is 3.47. The van der Waals surface area contributed by atoms with E-state index in [1.54, 1.807) is 25.3 Å². The number of rotatable bonds is 7. The first-order chi connectivity index (χ1) is 16.6. The minimum atomic E-state index is -0.397. The molecule has 3 heterocycles. The average Bonchev–Trinajstić information content (AvgIpc) is 3.44. The van der Waals surface area contributed by atoms with Crippen LogP contribution < -0.4 is 15.2 Å². The third-order valence-electron chi connectivity index (χ3n) is 5.26. The Balaban J connectivity index is 1.41. The van der Waals surface area contributed by atoms with Gasteiger partial charge in [-0.2, -0.15) is 14.6 Å². The number of methoxy groups -OCH3 is 1. The molecule has 5 aromatic rings. The lowest BCUT2D eigenvalue weighted by Crippen LogP contribution is -2.23. The van der Waals surface area contributed by atoms with Gasteiger partial charge in [-0.25, -0.2) is 9.48 Å². The van der Waals surface area contributed by atoms with E-state index >= 15 is 0 Å². The van der Waals surface area contributed by atoms with Gasteiger partial charge in [-0.15, -0.1) is 5.10 Å². The topological polar surface area (TPSA) is 110 Å². The predicted molar refractivity (Wildman–Crippen MR) is 124 cm³/mol. The molecule has 0 radical (unpaired) electrons. The number of nitrogens with zero attached hydrogens (tertiary/aromatic N) is 6. The highest BCUT2D eigenvalue weighted by molar-refractivity contribution is 5.61. The second kappa shape index (κ2) is 8.81. The van der Waals surface area contributed by atoms with E-state index in [1.165, 1.54) is 9.20 Å². The lowest BCUT2D eigenvalue weighted by molar-refractivity contribution is 0.311. The molecule has 0 bridgehead atoms. The fraction of sp³-hybridized carbons (Fsp3) is 0.208. The van der Waals surface area contributed by atoms with Crippen LogP contribution in [0.15, 0.2) is 63.9 Å². The van der Waals surface area contributed by atoms with Crippen LogP contribution in [0.2, 0.25) is 0 Å². The smallest absolute Gasteiger partial charge is 0.367 e. The second-order valence-electron chi connectivity index (χ2n) is 7.61. The molecule has 34 heavy (non-hydrogen) atoms. The molecule has 0 atom stereocenters. The maximum absolute atomic E-state index is 12.9. The first-order valence-corrected chi connectivity index (χ1v) is 10.7. The summed E-state index contributed by atoms with van der Waals surface area (Å²) >= 11 is 0. The molecule has 0 unspecified atom stereocenters. The van der Waals surface area contributed by atoms with Crippen LogP contribution in [0.25, 0.3) is 28.3 Å². The molecule has 0 amide bonds. The van der Waals surface area contributed by atoms with Crippen molar-refractivity contribution in [2.45, 2.75) is 20.4 Å². The summed E-state index contributed by atoms with van der Waals surface area (Å²) in [5, 5.41) is 12.8. The first-order valence-electron chi connectivity index (χ1n) is 10.7. The van der Waals surface area contributed by atoms with Crippen molar-refractivity contribution in [2.75, 3.05) is 13.7 Å². The molecule has 0 aliphatic rings. The van der Waals surface area contributed by atoms with Crippen molar-refractivity contribution in [3.8, 4) is 34.1 Å². The summed E-state index contributed by atoms with van der Waals surface area (Å²) in [6.07, 6.45) is 0. The number of aryl methyl sites for hydroxylation is 1. The van der Waals surface area contributed by atoms with E-state index in [-0.39, 0.29) is 12.4 Å². The Labute approximate surface area is 194 Å². The molecular weight excluding hydrogens is 436 g/mol. The minimum Gasteiger partial charge on any atom is -0.493 e. The van der Waals surface area contributed by atoms with Crippen LogP contribution in [-0.4, -0.2) is 43.3 Å². The third kappa shape index (κ3) is 4.01. The summed E-state index contributed by atoms with van der Waals surface area (Å²) in [6, 6.07) is 16.9. The molecule has 0 spiro atoms. The molecule has 2 aromatic carbocycles. The molecule has 0 fully saturated rings. The van der Waals surface area contributed by atoms with Gasteiger partial charge in [0.05, 0.1) is 19.4 Å². The van der Waals surface area contributed by atoms with Gasteiger partial charge in [-0.3, -0.25) is 0 Å². The third-order valence-corrected chi connectivity index (χ3v) is 5.26. The van der Waals surface area contributed by atoms with Gasteiger partial charge in [-0.05, 0) is 44.2 Å². The fourth-order valence-electron chi connectivity index (χ4n) is 3.54. The molecule has 10 heteroatoms. The second-order valence-corrected chi connectivity index (χ2v) is 7.61. The van der Waals surface area contributed by atoms with Gasteiger partial charge in [0.1, 0.15) is 6.54 Å². The molecule has 0 N–H and O–H groups in total. The summed E-state index contributed by atoms with van der Waals surface area (Å²) < 4.78 is 18.8. The SMILES string of the molecule is CCOc1ccc(-c2noc(Cn3nc4ccc(-c5ccc(C)cc5)nn4c3=O)n2)cc1OC. The maximum atomic E-state index is 12.9. The highest BCUT2D eigenvalue weighted by Gasteiger charge is 2.16. The van der Waals surface area contributed by atoms with Crippen molar-refractivity contribution >= 4 is 5.65 Å². The summed E-state index contributed by atoms with van der Waals surface area (Å²) in [4.78, 5) is 17.3. The van der Waals surface area contributed by atoms with E-state index in [1.807, 2.05) is 50.2 Å². The van der Waals surface area contributed by atoms with Crippen molar-refractivity contribution in [1.29, 1.82) is 0 Å². The summed E-state index contributed by atoms with van der Waals surface area (Å²) in [6.45, 7) is 4.46. The molecule has 10 nitrogen and oxygen atoms in total. The van der Waals surface area contributed by atoms with Crippen LogP contribution in [0.1, 0.15) is 18.4 Å². The molecule has 0 aliphatic heterocycles. The maximum Gasteiger partial charge on any atom is 0.367 e. The van der Waals surface area contributed by atoms with Crippen molar-refractivity contribution in [2.24, 2.45) is 0 Å². The van der Waals surface area contributed by atoms with Gasteiger partial charge >= 0.3 is 5.69 Å². The van der Waals surface area contributed by atoms with Gasteiger partial charge in [0.25, 0.3) is 0 Å². The molecule has 5 rings (SSSR count). The number of aromatic nitrogens is 6. The minimum absolute atomic E-state index is 0.0171. The standard InChI is InChI=1S/C24H22N6O4/c1-4-33-19-11-9-17(13-20(19)32-3)23-25-22(34-28-23)14-29-24(31)30-21(27-29)12-10-18(26-30)16-7-5-15(2)6-8-16/h5-13H,4,14H2,1-3H3. The van der Waals surface area contributed by atoms with Crippen LogP contribution in [0.3, 0.4) is 0 Å². The zero-order valence-electron chi connectivity index (χ0n) is 18.9. The Morgan fingerprint density at radius 2 is 1.76 bits per heavy atom. The Hall–Kier alpha value is -4.47. The Bertz CT molecular complexity index is 1520. The van der Waals surface area contributed by atoms with E-state index in [0.29, 0.717) is 40.8 Å². The van der Waals surface area contributed by atoms with E-state index < -0.39 is 5.69 Å². The highest BCUT2D eigenvalue weighted by Crippen LogP contribution is 2.31. The van der Waals surface area contributed by atoms with Gasteiger partial charge in [-0.1, -0.05) is 35.0 Å². The summed E-state index contributed by atoms with van der Waals surface area (Å²) in [7, 11) is 1.57. The van der Waals surface area contributed by atoms with Crippen LogP contribution in [0.4, 0.5) is 0 Å². The van der Waals surface area contributed by atoms with Crippen LogP contribution in [0, 0.1) is 6.92 Å². The van der Waals surface area contributed by atoms with E-state index in [9.17, 15) is 4.79 Å². The van der Waals surface area contributed by atoms with Crippen molar-refractivity contribution in [3.05, 3.63) is 76.5 Å². The van der Waals surface area contributed by atoms with Crippen molar-refractivity contribution in [1.82, 2.24) is 29.5 Å². The number of hydrogen-bond acceptors (Lipinski definition) is 8. The first kappa shape index (κ1) is 21.4. The zero-order valence-corrected chi connectivity index (χ0v) is 18.9. The van der Waals surface area contributed by atoms with E-state index in [0.717, 1.165) is 11.1 Å². The lowest BCUT2D eigenvalue weighted by atomic mass is 10.1. The Morgan fingerprint density at radius 1 is 0.971 bits per heavy atom. The monoisotopic (exact) mass is 458 g/mol.